The first-order valence-corrected chi connectivity index (χ1v) is 8.80. The maximum Gasteiger partial charge on any atom is 0.262 e. The minimum atomic E-state index is -0.415. The Bertz CT molecular complexity index is 985. The van der Waals surface area contributed by atoms with E-state index in [4.69, 9.17) is 11.6 Å². The van der Waals surface area contributed by atoms with Crippen molar-refractivity contribution in [3.8, 4) is 0 Å². The van der Waals surface area contributed by atoms with E-state index in [0.717, 1.165) is 22.5 Å². The molecule has 1 atom stereocenters. The van der Waals surface area contributed by atoms with E-state index in [2.05, 4.69) is 10.3 Å². The first kappa shape index (κ1) is 16.6. The Hall–Kier alpha value is -2.85. The number of carbonyl (C=O) groups excluding carboxylic acids is 1. The van der Waals surface area contributed by atoms with Gasteiger partial charge >= 0.3 is 0 Å². The smallest absolute Gasteiger partial charge is 0.262 e. The highest BCUT2D eigenvalue weighted by molar-refractivity contribution is 6.33. The Morgan fingerprint density at radius 2 is 1.77 bits per heavy atom. The van der Waals surface area contributed by atoms with Gasteiger partial charge in [-0.15, -0.1) is 0 Å². The molecule has 1 aliphatic heterocycles. The van der Waals surface area contributed by atoms with Gasteiger partial charge in [0.15, 0.2) is 6.17 Å². The van der Waals surface area contributed by atoms with E-state index < -0.39 is 6.17 Å². The molecular weight excluding hydrogens is 346 g/mol. The minimum absolute atomic E-state index is 0.0716. The van der Waals surface area contributed by atoms with Gasteiger partial charge in [-0.1, -0.05) is 35.4 Å². The number of halogens is 1. The number of rotatable bonds is 3. The lowest BCUT2D eigenvalue weighted by Crippen LogP contribution is -2.32. The monoisotopic (exact) mass is 363 g/mol. The lowest BCUT2D eigenvalue weighted by Gasteiger charge is -2.27. The van der Waals surface area contributed by atoms with Crippen LogP contribution in [0.2, 0.25) is 5.02 Å². The molecule has 4 nitrogen and oxygen atoms in total. The number of aryl methyl sites for hydroxylation is 2. The minimum Gasteiger partial charge on any atom is -0.359 e. The molecule has 0 fully saturated rings. The maximum absolute atomic E-state index is 13.0. The zero-order valence-corrected chi connectivity index (χ0v) is 15.3. The predicted octanol–water partition coefficient (Wildman–Crippen LogP) is 5.12. The number of benzene rings is 2. The van der Waals surface area contributed by atoms with E-state index in [1.54, 1.807) is 17.2 Å². The second-order valence-electron chi connectivity index (χ2n) is 6.48. The lowest BCUT2D eigenvalue weighted by molar-refractivity contribution is 0.0993. The van der Waals surface area contributed by atoms with Crippen LogP contribution in [-0.4, -0.2) is 10.9 Å². The molecular formula is C21H18ClN3O. The first-order chi connectivity index (χ1) is 12.5. The summed E-state index contributed by atoms with van der Waals surface area (Å²) in [4.78, 5) is 19.2. The summed E-state index contributed by atoms with van der Waals surface area (Å²) in [7, 11) is 0. The summed E-state index contributed by atoms with van der Waals surface area (Å²) < 4.78 is 0. The van der Waals surface area contributed by atoms with Crippen LogP contribution in [0, 0.1) is 13.8 Å². The molecule has 1 amide bonds. The topological polar surface area (TPSA) is 45.2 Å². The largest absolute Gasteiger partial charge is 0.359 e. The normalized spacial score (nSPS) is 15.9. The molecule has 0 spiro atoms. The van der Waals surface area contributed by atoms with Crippen LogP contribution in [0.4, 0.5) is 11.4 Å². The first-order valence-electron chi connectivity index (χ1n) is 8.42. The Kier molecular flexibility index (Phi) is 4.13. The third kappa shape index (κ3) is 2.82. The number of amides is 1. The van der Waals surface area contributed by atoms with Crippen LogP contribution in [0.3, 0.4) is 0 Å². The molecule has 0 radical (unpaired) electrons. The molecule has 2 aromatic carbocycles. The number of pyridine rings is 1. The summed E-state index contributed by atoms with van der Waals surface area (Å²) in [5.41, 5.74) is 5.12. The van der Waals surface area contributed by atoms with Crippen molar-refractivity contribution in [1.82, 2.24) is 4.98 Å². The quantitative estimate of drug-likeness (QED) is 0.702. The van der Waals surface area contributed by atoms with Gasteiger partial charge < -0.3 is 5.32 Å². The summed E-state index contributed by atoms with van der Waals surface area (Å²) in [5.74, 6) is -0.0716. The number of carbonyl (C=O) groups is 1. The molecule has 1 N–H and O–H groups in total. The average molecular weight is 364 g/mol. The predicted molar refractivity (Wildman–Crippen MR) is 105 cm³/mol. The standard InChI is InChI=1S/C21H18ClN3O/c1-13-5-8-15(9-6-13)25-20(19-16(21(25)26)4-3-11-23-19)24-18-10-7-14(2)12-17(18)22/h3-12,20,24H,1-2H3/t20-/m0/s1. The molecule has 3 aromatic rings. The number of nitrogens with one attached hydrogen (secondary N) is 1. The van der Waals surface area contributed by atoms with Crippen molar-refractivity contribution >= 4 is 28.9 Å². The Morgan fingerprint density at radius 3 is 2.50 bits per heavy atom. The second-order valence-corrected chi connectivity index (χ2v) is 6.88. The van der Waals surface area contributed by atoms with Crippen LogP contribution in [0.1, 0.15) is 33.3 Å². The van der Waals surface area contributed by atoms with Crippen molar-refractivity contribution in [2.45, 2.75) is 20.0 Å². The number of anilines is 2. The van der Waals surface area contributed by atoms with Gasteiger partial charge in [0.25, 0.3) is 5.91 Å². The molecule has 0 saturated heterocycles. The average Bonchev–Trinajstić information content (AvgIpc) is 2.91. The van der Waals surface area contributed by atoms with Gasteiger partial charge in [0.2, 0.25) is 0 Å². The molecule has 4 rings (SSSR count). The van der Waals surface area contributed by atoms with Gasteiger partial charge in [-0.2, -0.15) is 0 Å². The number of nitrogens with zero attached hydrogens (tertiary/aromatic N) is 2. The third-order valence-corrected chi connectivity index (χ3v) is 4.85. The van der Waals surface area contributed by atoms with Gasteiger partial charge in [-0.3, -0.25) is 14.7 Å². The van der Waals surface area contributed by atoms with E-state index in [0.29, 0.717) is 16.3 Å². The summed E-state index contributed by atoms with van der Waals surface area (Å²) in [6, 6.07) is 17.3. The third-order valence-electron chi connectivity index (χ3n) is 4.53. The molecule has 0 bridgehead atoms. The molecule has 0 unspecified atom stereocenters. The van der Waals surface area contributed by atoms with Gasteiger partial charge in [-0.05, 0) is 55.8 Å². The van der Waals surface area contributed by atoms with Crippen molar-refractivity contribution in [2.75, 3.05) is 10.2 Å². The van der Waals surface area contributed by atoms with E-state index in [9.17, 15) is 4.79 Å². The van der Waals surface area contributed by atoms with Crippen molar-refractivity contribution in [3.05, 3.63) is 88.2 Å². The highest BCUT2D eigenvalue weighted by atomic mass is 35.5. The fourth-order valence-electron chi connectivity index (χ4n) is 3.17. The second kappa shape index (κ2) is 6.46. The SMILES string of the molecule is Cc1ccc(N2C(=O)c3cccnc3[C@H]2Nc2ccc(C)cc2Cl)cc1. The van der Waals surface area contributed by atoms with E-state index >= 15 is 0 Å². The highest BCUT2D eigenvalue weighted by Crippen LogP contribution is 2.38. The molecule has 5 heteroatoms. The molecule has 1 aromatic heterocycles. The molecule has 130 valence electrons. The van der Waals surface area contributed by atoms with Crippen molar-refractivity contribution < 1.29 is 4.79 Å². The highest BCUT2D eigenvalue weighted by Gasteiger charge is 2.39. The van der Waals surface area contributed by atoms with Crippen LogP contribution in [0.15, 0.2) is 60.8 Å². The fraction of sp³-hybridized carbons (Fsp3) is 0.143. The molecule has 0 aliphatic carbocycles. The van der Waals surface area contributed by atoms with Crippen LogP contribution in [0.25, 0.3) is 0 Å². The molecule has 26 heavy (non-hydrogen) atoms. The summed E-state index contributed by atoms with van der Waals surface area (Å²) in [6.07, 6.45) is 1.29. The number of hydrogen-bond donors (Lipinski definition) is 1. The van der Waals surface area contributed by atoms with Crippen molar-refractivity contribution in [3.63, 3.8) is 0 Å². The van der Waals surface area contributed by atoms with Gasteiger partial charge in [-0.25, -0.2) is 0 Å². The Labute approximate surface area is 157 Å². The molecule has 2 heterocycles. The number of hydrogen-bond acceptors (Lipinski definition) is 3. The van der Waals surface area contributed by atoms with Gasteiger partial charge in [0.05, 0.1) is 22.0 Å². The van der Waals surface area contributed by atoms with Gasteiger partial charge in [0, 0.05) is 11.9 Å². The Balaban J connectivity index is 1.79. The maximum atomic E-state index is 13.0. The van der Waals surface area contributed by atoms with Crippen LogP contribution >= 0.6 is 11.6 Å². The molecule has 0 saturated carbocycles. The van der Waals surface area contributed by atoms with Crippen molar-refractivity contribution in [2.24, 2.45) is 0 Å². The zero-order chi connectivity index (χ0) is 18.3. The lowest BCUT2D eigenvalue weighted by atomic mass is 10.2. The van der Waals surface area contributed by atoms with Crippen LogP contribution in [0.5, 0.6) is 0 Å². The number of fused-ring (bicyclic) bond motifs is 1. The summed E-state index contributed by atoms with van der Waals surface area (Å²) in [6.45, 7) is 4.01. The number of aromatic nitrogens is 1. The van der Waals surface area contributed by atoms with Crippen LogP contribution < -0.4 is 10.2 Å². The van der Waals surface area contributed by atoms with E-state index in [-0.39, 0.29) is 5.91 Å². The summed E-state index contributed by atoms with van der Waals surface area (Å²) >= 11 is 6.40. The molecule has 1 aliphatic rings. The van der Waals surface area contributed by atoms with Crippen LogP contribution in [-0.2, 0) is 0 Å². The van der Waals surface area contributed by atoms with E-state index in [1.165, 1.54) is 0 Å². The summed E-state index contributed by atoms with van der Waals surface area (Å²) in [5, 5.41) is 4.01. The fourth-order valence-corrected chi connectivity index (χ4v) is 3.46. The van der Waals surface area contributed by atoms with Gasteiger partial charge in [0.1, 0.15) is 0 Å². The Morgan fingerprint density at radius 1 is 1.04 bits per heavy atom. The zero-order valence-electron chi connectivity index (χ0n) is 14.5. The van der Waals surface area contributed by atoms with E-state index in [1.807, 2.05) is 62.4 Å². The van der Waals surface area contributed by atoms with Crippen molar-refractivity contribution in [1.29, 1.82) is 0 Å².